The van der Waals surface area contributed by atoms with E-state index in [4.69, 9.17) is 18.7 Å². The maximum Gasteiger partial charge on any atom is 0.331 e. The normalized spacial score (nSPS) is 24.4. The largest absolute Gasteiger partial charge is 0.493 e. The van der Waals surface area contributed by atoms with E-state index in [1.54, 1.807) is 12.1 Å². The van der Waals surface area contributed by atoms with E-state index in [1.807, 2.05) is 0 Å². The van der Waals surface area contributed by atoms with Crippen LogP contribution in [0, 0.1) is 0 Å². The fraction of sp³-hybridized carbons (Fsp3) is 0.667. The van der Waals surface area contributed by atoms with E-state index in [2.05, 4.69) is 10.6 Å². The molecule has 1 amide bonds. The standard InChI is InChI=1S/C24H39N2O13P/c1-24(23(32)33,26-19(29)6-5-13-7-17(36-2)22(38-4)18(8-13)37-3)12-39-40(34,35)11-14(28)9-15-20(30)21(31)16(10-27)25-15/h7-8,14-16,20-21,25,27-28,30-31H,5-6,9-12H2,1-4H3,(H,26,29)(H,32,33)(H,34,35)/t14-,15-,16-,20-,21-,24?/m1/s1. The molecule has 2 unspecified atom stereocenters. The van der Waals surface area contributed by atoms with Gasteiger partial charge in [0.2, 0.25) is 11.7 Å². The summed E-state index contributed by atoms with van der Waals surface area (Å²) in [5, 5.41) is 54.1. The highest BCUT2D eigenvalue weighted by Crippen LogP contribution is 2.44. The molecule has 1 fully saturated rings. The summed E-state index contributed by atoms with van der Waals surface area (Å²) in [5.74, 6) is -1.06. The molecule has 8 N–H and O–H groups in total. The zero-order valence-electron chi connectivity index (χ0n) is 22.8. The molecule has 7 atom stereocenters. The highest BCUT2D eigenvalue weighted by molar-refractivity contribution is 7.52. The Balaban J connectivity index is 1.96. The lowest BCUT2D eigenvalue weighted by Gasteiger charge is -2.28. The SMILES string of the molecule is COc1cc(CCC(=O)NC(C)(COP(=O)(O)C[C@H](O)C[C@H]2N[C@H](CO)[C@@H](O)[C@@H]2O)C(=O)O)cc(OC)c1OC. The summed E-state index contributed by atoms with van der Waals surface area (Å²) in [7, 11) is -0.226. The lowest BCUT2D eigenvalue weighted by atomic mass is 10.0. The molecule has 0 aromatic heterocycles. The van der Waals surface area contributed by atoms with Gasteiger partial charge in [0, 0.05) is 12.5 Å². The number of aryl methyl sites for hydroxylation is 1. The second-order valence-electron chi connectivity index (χ2n) is 9.75. The molecule has 1 heterocycles. The topological polar surface area (TPSA) is 234 Å². The van der Waals surface area contributed by atoms with Gasteiger partial charge >= 0.3 is 13.6 Å². The first-order chi connectivity index (χ1) is 18.7. The number of hydrogen-bond donors (Lipinski definition) is 8. The van der Waals surface area contributed by atoms with Crippen LogP contribution in [0.25, 0.3) is 0 Å². The molecule has 1 saturated heterocycles. The van der Waals surface area contributed by atoms with Crippen molar-refractivity contribution < 1.29 is 63.3 Å². The van der Waals surface area contributed by atoms with Crippen molar-refractivity contribution in [2.75, 3.05) is 40.7 Å². The number of carboxylic acids is 1. The summed E-state index contributed by atoms with van der Waals surface area (Å²) in [4.78, 5) is 34.7. The number of rotatable bonds is 16. The molecule has 1 aliphatic rings. The fourth-order valence-corrected chi connectivity index (χ4v) is 5.54. The van der Waals surface area contributed by atoms with E-state index in [0.29, 0.717) is 22.8 Å². The fourth-order valence-electron chi connectivity index (χ4n) is 4.29. The molecule has 1 aliphatic heterocycles. The van der Waals surface area contributed by atoms with Gasteiger partial charge in [-0.25, -0.2) is 4.79 Å². The summed E-state index contributed by atoms with van der Waals surface area (Å²) < 4.78 is 33.4. The lowest BCUT2D eigenvalue weighted by Crippen LogP contribution is -2.55. The first kappa shape index (κ1) is 33.7. The number of aliphatic hydroxyl groups is 4. The summed E-state index contributed by atoms with van der Waals surface area (Å²) in [6, 6.07) is 1.60. The van der Waals surface area contributed by atoms with Crippen LogP contribution >= 0.6 is 7.60 Å². The van der Waals surface area contributed by atoms with Crippen molar-refractivity contribution in [3.05, 3.63) is 17.7 Å². The number of aliphatic hydroxyl groups excluding tert-OH is 4. The molecular weight excluding hydrogens is 555 g/mol. The van der Waals surface area contributed by atoms with Gasteiger partial charge in [0.25, 0.3) is 0 Å². The van der Waals surface area contributed by atoms with E-state index < -0.39 is 74.8 Å². The first-order valence-corrected chi connectivity index (χ1v) is 14.2. The number of carbonyl (C=O) groups is 2. The van der Waals surface area contributed by atoms with Crippen molar-refractivity contribution in [2.45, 2.75) is 62.1 Å². The second kappa shape index (κ2) is 14.4. The van der Waals surface area contributed by atoms with Crippen molar-refractivity contribution in [1.29, 1.82) is 0 Å². The minimum absolute atomic E-state index is 0.144. The Labute approximate surface area is 231 Å². The van der Waals surface area contributed by atoms with Crippen LogP contribution in [0.4, 0.5) is 0 Å². The van der Waals surface area contributed by atoms with Crippen LogP contribution in [0.5, 0.6) is 17.2 Å². The Kier molecular flexibility index (Phi) is 12.2. The lowest BCUT2D eigenvalue weighted by molar-refractivity contribution is -0.148. The van der Waals surface area contributed by atoms with Crippen LogP contribution in [-0.4, -0.2) is 119 Å². The van der Waals surface area contributed by atoms with Crippen LogP contribution in [0.15, 0.2) is 12.1 Å². The highest BCUT2D eigenvalue weighted by Gasteiger charge is 2.43. The molecule has 1 aromatic rings. The Morgan fingerprint density at radius 2 is 1.68 bits per heavy atom. The molecule has 0 radical (unpaired) electrons. The predicted octanol–water partition coefficient (Wildman–Crippen LogP) is -1.39. The number of amides is 1. The van der Waals surface area contributed by atoms with Gasteiger partial charge in [-0.1, -0.05) is 0 Å². The molecule has 0 spiro atoms. The molecule has 40 heavy (non-hydrogen) atoms. The molecule has 228 valence electrons. The third-order valence-electron chi connectivity index (χ3n) is 6.57. The Morgan fingerprint density at radius 1 is 1.10 bits per heavy atom. The molecule has 15 nitrogen and oxygen atoms in total. The van der Waals surface area contributed by atoms with Crippen LogP contribution < -0.4 is 24.8 Å². The number of benzene rings is 1. The predicted molar refractivity (Wildman–Crippen MR) is 140 cm³/mol. The molecule has 2 rings (SSSR count). The van der Waals surface area contributed by atoms with E-state index in [-0.39, 0.29) is 19.3 Å². The molecule has 1 aromatic carbocycles. The van der Waals surface area contributed by atoms with Gasteiger partial charge in [0.15, 0.2) is 17.0 Å². The quantitative estimate of drug-likeness (QED) is 0.103. The van der Waals surface area contributed by atoms with Crippen molar-refractivity contribution in [1.82, 2.24) is 10.6 Å². The zero-order valence-corrected chi connectivity index (χ0v) is 23.7. The number of carboxylic acid groups (broad SMARTS) is 1. The highest BCUT2D eigenvalue weighted by atomic mass is 31.2. The minimum atomic E-state index is -4.56. The average molecular weight is 595 g/mol. The number of ether oxygens (including phenoxy) is 3. The number of carbonyl (C=O) groups excluding carboxylic acids is 1. The molecule has 16 heteroatoms. The third kappa shape index (κ3) is 8.75. The summed E-state index contributed by atoms with van der Waals surface area (Å²) in [6.45, 7) is -0.235. The smallest absolute Gasteiger partial charge is 0.331 e. The van der Waals surface area contributed by atoms with Gasteiger partial charge in [-0.05, 0) is 37.5 Å². The van der Waals surface area contributed by atoms with Gasteiger partial charge in [0.1, 0.15) is 0 Å². The Morgan fingerprint density at radius 3 is 2.15 bits per heavy atom. The number of nitrogens with one attached hydrogen (secondary N) is 2. The Bertz CT molecular complexity index is 1050. The minimum Gasteiger partial charge on any atom is -0.493 e. The van der Waals surface area contributed by atoms with E-state index in [1.165, 1.54) is 21.3 Å². The van der Waals surface area contributed by atoms with Crippen LogP contribution in [0.1, 0.15) is 25.3 Å². The van der Waals surface area contributed by atoms with Gasteiger partial charge < -0.3 is 59.8 Å². The van der Waals surface area contributed by atoms with Crippen molar-refractivity contribution in [3.63, 3.8) is 0 Å². The van der Waals surface area contributed by atoms with Gasteiger partial charge in [0.05, 0.1) is 65.1 Å². The van der Waals surface area contributed by atoms with Crippen molar-refractivity contribution in [3.8, 4) is 17.2 Å². The molecule has 0 aliphatic carbocycles. The molecule has 0 bridgehead atoms. The summed E-state index contributed by atoms with van der Waals surface area (Å²) in [5.41, 5.74) is -1.43. The monoisotopic (exact) mass is 594 g/mol. The van der Waals surface area contributed by atoms with Crippen molar-refractivity contribution >= 4 is 19.5 Å². The van der Waals surface area contributed by atoms with Crippen LogP contribution in [-0.2, 0) is 25.1 Å². The first-order valence-electron chi connectivity index (χ1n) is 12.4. The second-order valence-corrected chi connectivity index (χ2v) is 11.6. The number of aliphatic carboxylic acids is 1. The van der Waals surface area contributed by atoms with Gasteiger partial charge in [-0.15, -0.1) is 0 Å². The Hall–Kier alpha value is -2.49. The average Bonchev–Trinajstić information content (AvgIpc) is 3.17. The third-order valence-corrected chi connectivity index (χ3v) is 7.99. The molecular formula is C24H39N2O13P. The van der Waals surface area contributed by atoms with E-state index in [0.717, 1.165) is 6.92 Å². The molecule has 0 saturated carbocycles. The number of hydrogen-bond acceptors (Lipinski definition) is 12. The number of methoxy groups -OCH3 is 3. The van der Waals surface area contributed by atoms with Gasteiger partial charge in [-0.2, -0.15) is 0 Å². The maximum atomic E-state index is 12.6. The van der Waals surface area contributed by atoms with Crippen molar-refractivity contribution in [2.24, 2.45) is 0 Å². The van der Waals surface area contributed by atoms with E-state index in [9.17, 15) is 44.6 Å². The maximum absolute atomic E-state index is 12.6. The van der Waals surface area contributed by atoms with E-state index >= 15 is 0 Å². The summed E-state index contributed by atoms with van der Waals surface area (Å²) >= 11 is 0. The van der Waals surface area contributed by atoms with Gasteiger partial charge in [-0.3, -0.25) is 9.36 Å². The van der Waals surface area contributed by atoms with Crippen LogP contribution in [0.3, 0.4) is 0 Å². The summed E-state index contributed by atoms with van der Waals surface area (Å²) in [6.07, 6.45) is -5.11. The van der Waals surface area contributed by atoms with Crippen LogP contribution in [0.2, 0.25) is 0 Å². The zero-order chi connectivity index (χ0) is 30.3.